The maximum atomic E-state index is 12.8. The van der Waals surface area contributed by atoms with Gasteiger partial charge in [0, 0.05) is 36.0 Å². The fourth-order valence-corrected chi connectivity index (χ4v) is 5.99. The molecule has 2 aromatic heterocycles. The number of likely N-dealkylation sites (tertiary alicyclic amines) is 1. The molecule has 1 fully saturated rings. The highest BCUT2D eigenvalue weighted by Gasteiger charge is 2.28. The molecule has 1 N–H and O–H groups in total. The van der Waals surface area contributed by atoms with Crippen molar-refractivity contribution < 1.29 is 9.59 Å². The van der Waals surface area contributed by atoms with Crippen LogP contribution in [0.2, 0.25) is 5.02 Å². The number of halogens is 1. The van der Waals surface area contributed by atoms with Gasteiger partial charge in [-0.2, -0.15) is 0 Å². The summed E-state index contributed by atoms with van der Waals surface area (Å²) >= 11 is 8.98. The lowest BCUT2D eigenvalue weighted by molar-refractivity contribution is 0.0717. The highest BCUT2D eigenvalue weighted by Crippen LogP contribution is 2.31. The van der Waals surface area contributed by atoms with E-state index < -0.39 is 0 Å². The minimum absolute atomic E-state index is 0.0725. The van der Waals surface area contributed by atoms with Crippen molar-refractivity contribution in [3.63, 3.8) is 0 Å². The highest BCUT2D eigenvalue weighted by molar-refractivity contribution is 7.13. The molecule has 1 aromatic carbocycles. The van der Waals surface area contributed by atoms with Gasteiger partial charge in [-0.25, -0.2) is 9.97 Å². The molecule has 0 spiro atoms. The highest BCUT2D eigenvalue weighted by atomic mass is 35.5. The second-order valence-electron chi connectivity index (χ2n) is 8.04. The lowest BCUT2D eigenvalue weighted by atomic mass is 9.97. The number of thiazole rings is 2. The number of rotatable bonds is 5. The second-order valence-corrected chi connectivity index (χ2v) is 10.6. The van der Waals surface area contributed by atoms with Crippen LogP contribution in [-0.2, 0) is 6.54 Å². The first-order chi connectivity index (χ1) is 15.3. The Hall–Kier alpha value is -2.29. The van der Waals surface area contributed by atoms with Crippen molar-refractivity contribution in [2.24, 2.45) is 0 Å². The van der Waals surface area contributed by atoms with Gasteiger partial charge in [0.2, 0.25) is 0 Å². The van der Waals surface area contributed by atoms with Crippen molar-refractivity contribution in [2.75, 3.05) is 13.1 Å². The van der Waals surface area contributed by atoms with Gasteiger partial charge >= 0.3 is 0 Å². The molecule has 3 heterocycles. The maximum absolute atomic E-state index is 12.8. The summed E-state index contributed by atoms with van der Waals surface area (Å²) < 4.78 is 0. The molecule has 0 radical (unpaired) electrons. The molecular weight excluding hydrogens is 464 g/mol. The molecular formula is C23H25ClN4O2S2. The summed E-state index contributed by atoms with van der Waals surface area (Å²) in [6.07, 6.45) is 1.70. The molecule has 1 saturated heterocycles. The number of hydrogen-bond donors (Lipinski definition) is 1. The molecule has 168 valence electrons. The number of carbonyl (C=O) groups excluding carboxylic acids is 2. The number of nitrogens with one attached hydrogen (secondary N) is 1. The fourth-order valence-electron chi connectivity index (χ4n) is 3.91. The van der Waals surface area contributed by atoms with Gasteiger partial charge in [-0.15, -0.1) is 22.7 Å². The van der Waals surface area contributed by atoms with Crippen LogP contribution in [0.15, 0.2) is 23.6 Å². The number of carbonyl (C=O) groups is 2. The Labute approximate surface area is 200 Å². The zero-order valence-corrected chi connectivity index (χ0v) is 20.7. The SMILES string of the molecule is Cc1nc(C)c(C(=O)N2CCC(c3nc(C(=O)NCc4ccc(Cl)cc4C)cs3)CC2)s1. The van der Waals surface area contributed by atoms with Crippen LogP contribution in [0.1, 0.15) is 65.8 Å². The zero-order chi connectivity index (χ0) is 22.8. The third kappa shape index (κ3) is 5.03. The van der Waals surface area contributed by atoms with E-state index >= 15 is 0 Å². The number of aryl methyl sites for hydroxylation is 3. The zero-order valence-electron chi connectivity index (χ0n) is 18.3. The van der Waals surface area contributed by atoms with Crippen LogP contribution in [0.5, 0.6) is 0 Å². The molecule has 0 atom stereocenters. The number of aromatic nitrogens is 2. The van der Waals surface area contributed by atoms with E-state index in [0.29, 0.717) is 30.4 Å². The van der Waals surface area contributed by atoms with Gasteiger partial charge in [-0.3, -0.25) is 9.59 Å². The Kier molecular flexibility index (Phi) is 6.93. The molecule has 9 heteroatoms. The van der Waals surface area contributed by atoms with Crippen molar-refractivity contribution in [1.29, 1.82) is 0 Å². The molecule has 0 bridgehead atoms. The first-order valence-electron chi connectivity index (χ1n) is 10.5. The van der Waals surface area contributed by atoms with Gasteiger partial charge in [-0.05, 0) is 56.9 Å². The van der Waals surface area contributed by atoms with E-state index in [4.69, 9.17) is 11.6 Å². The molecule has 4 rings (SSSR count). The molecule has 1 aliphatic heterocycles. The standard InChI is InChI=1S/C23H25ClN4O2S2/c1-13-10-18(24)5-4-17(13)11-25-21(29)19-12-31-22(27-19)16-6-8-28(9-7-16)23(30)20-14(2)26-15(3)32-20/h4-5,10,12,16H,6-9,11H2,1-3H3,(H,25,29). The number of nitrogens with zero attached hydrogens (tertiary/aromatic N) is 3. The average molecular weight is 489 g/mol. The van der Waals surface area contributed by atoms with E-state index in [1.807, 2.05) is 49.3 Å². The van der Waals surface area contributed by atoms with Crippen molar-refractivity contribution in [1.82, 2.24) is 20.2 Å². The predicted molar refractivity (Wildman–Crippen MR) is 129 cm³/mol. The first-order valence-corrected chi connectivity index (χ1v) is 12.6. The van der Waals surface area contributed by atoms with E-state index in [1.54, 1.807) is 0 Å². The van der Waals surface area contributed by atoms with Gasteiger partial charge in [0.15, 0.2) is 0 Å². The molecule has 32 heavy (non-hydrogen) atoms. The van der Waals surface area contributed by atoms with Gasteiger partial charge in [0.1, 0.15) is 10.6 Å². The number of hydrogen-bond acceptors (Lipinski definition) is 6. The van der Waals surface area contributed by atoms with Crippen molar-refractivity contribution >= 4 is 46.1 Å². The van der Waals surface area contributed by atoms with Gasteiger partial charge in [-0.1, -0.05) is 17.7 Å². The van der Waals surface area contributed by atoms with Crippen LogP contribution >= 0.6 is 34.3 Å². The van der Waals surface area contributed by atoms with E-state index in [1.165, 1.54) is 22.7 Å². The normalized spacial score (nSPS) is 14.6. The lowest BCUT2D eigenvalue weighted by Crippen LogP contribution is -2.37. The minimum Gasteiger partial charge on any atom is -0.347 e. The lowest BCUT2D eigenvalue weighted by Gasteiger charge is -2.30. The van der Waals surface area contributed by atoms with Crippen LogP contribution in [0.25, 0.3) is 0 Å². The predicted octanol–water partition coefficient (Wildman–Crippen LogP) is 5.13. The van der Waals surface area contributed by atoms with Crippen molar-refractivity contribution in [2.45, 2.75) is 46.1 Å². The van der Waals surface area contributed by atoms with Crippen molar-refractivity contribution in [3.05, 3.63) is 66.0 Å². The first kappa shape index (κ1) is 22.9. The second kappa shape index (κ2) is 9.68. The van der Waals surface area contributed by atoms with E-state index in [0.717, 1.165) is 44.6 Å². The summed E-state index contributed by atoms with van der Waals surface area (Å²) in [5.41, 5.74) is 3.33. The Morgan fingerprint density at radius 3 is 2.59 bits per heavy atom. The summed E-state index contributed by atoms with van der Waals surface area (Å²) in [5.74, 6) is 0.169. The Morgan fingerprint density at radius 1 is 1.19 bits per heavy atom. The van der Waals surface area contributed by atoms with Gasteiger partial charge < -0.3 is 10.2 Å². The average Bonchev–Trinajstić information content (AvgIpc) is 3.39. The third-order valence-corrected chi connectivity index (χ3v) is 8.03. The summed E-state index contributed by atoms with van der Waals surface area (Å²) in [6, 6.07) is 5.64. The molecule has 1 aliphatic rings. The van der Waals surface area contributed by atoms with Crippen LogP contribution in [0.4, 0.5) is 0 Å². The Morgan fingerprint density at radius 2 is 1.94 bits per heavy atom. The summed E-state index contributed by atoms with van der Waals surface area (Å²) in [5, 5.41) is 7.33. The monoisotopic (exact) mass is 488 g/mol. The van der Waals surface area contributed by atoms with E-state index in [-0.39, 0.29) is 17.7 Å². The molecule has 0 unspecified atom stereocenters. The van der Waals surface area contributed by atoms with Crippen molar-refractivity contribution in [3.8, 4) is 0 Å². The molecule has 6 nitrogen and oxygen atoms in total. The molecule has 0 aliphatic carbocycles. The minimum atomic E-state index is -0.175. The van der Waals surface area contributed by atoms with E-state index in [2.05, 4.69) is 15.3 Å². The van der Waals surface area contributed by atoms with Crippen LogP contribution < -0.4 is 5.32 Å². The smallest absolute Gasteiger partial charge is 0.271 e. The Balaban J connectivity index is 1.32. The summed E-state index contributed by atoms with van der Waals surface area (Å²) in [6.45, 7) is 7.61. The fraction of sp³-hybridized carbons (Fsp3) is 0.391. The van der Waals surface area contributed by atoms with Crippen LogP contribution in [0.3, 0.4) is 0 Å². The van der Waals surface area contributed by atoms with E-state index in [9.17, 15) is 9.59 Å². The quantitative estimate of drug-likeness (QED) is 0.540. The third-order valence-electron chi connectivity index (χ3n) is 5.73. The summed E-state index contributed by atoms with van der Waals surface area (Å²) in [4.78, 5) is 37.0. The maximum Gasteiger partial charge on any atom is 0.271 e. The van der Waals surface area contributed by atoms with Crippen LogP contribution in [-0.4, -0.2) is 39.8 Å². The van der Waals surface area contributed by atoms with Gasteiger partial charge in [0.05, 0.1) is 15.7 Å². The van der Waals surface area contributed by atoms with Gasteiger partial charge in [0.25, 0.3) is 11.8 Å². The molecule has 2 amide bonds. The molecule has 3 aromatic rings. The number of amides is 2. The number of benzene rings is 1. The topological polar surface area (TPSA) is 75.2 Å². The van der Waals surface area contributed by atoms with Crippen LogP contribution in [0, 0.1) is 20.8 Å². The largest absolute Gasteiger partial charge is 0.347 e. The molecule has 0 saturated carbocycles. The Bertz CT molecular complexity index is 1150. The number of piperidine rings is 1. The summed E-state index contributed by atoms with van der Waals surface area (Å²) in [7, 11) is 0.